The number of nitrogens with one attached hydrogen (secondary N) is 1. The fraction of sp³-hybridized carbons (Fsp3) is 0.533. The van der Waals surface area contributed by atoms with Crippen LogP contribution in [0.25, 0.3) is 0 Å². The van der Waals surface area contributed by atoms with Crippen molar-refractivity contribution in [2.45, 2.75) is 32.7 Å². The first kappa shape index (κ1) is 14.0. The number of carbonyl (C=O) groups is 1. The molecule has 0 saturated heterocycles. The summed E-state index contributed by atoms with van der Waals surface area (Å²) in [7, 11) is 0. The van der Waals surface area contributed by atoms with Gasteiger partial charge in [-0.2, -0.15) is 0 Å². The van der Waals surface area contributed by atoms with Crippen LogP contribution >= 0.6 is 0 Å². The monoisotopic (exact) mass is 264 g/mol. The van der Waals surface area contributed by atoms with Gasteiger partial charge in [-0.3, -0.25) is 4.79 Å². The number of amides is 1. The van der Waals surface area contributed by atoms with Crippen LogP contribution in [0.5, 0.6) is 0 Å². The van der Waals surface area contributed by atoms with Gasteiger partial charge in [0.05, 0.1) is 0 Å². The largest absolute Gasteiger partial charge is 0.366 e. The Kier molecular flexibility index (Phi) is 4.53. The standard InChI is InChI=1S/C15H21FN2O/c1-10-2-3-11(6-10)8-18-9-13-5-4-12(15(17)19)7-14(13)16/h4-5,7,10-11,18H,2-3,6,8-9H2,1H3,(H2,17,19). The first-order valence-electron chi connectivity index (χ1n) is 6.85. The molecule has 1 fully saturated rings. The van der Waals surface area contributed by atoms with Crippen LogP contribution in [-0.2, 0) is 6.54 Å². The molecule has 0 aromatic heterocycles. The summed E-state index contributed by atoms with van der Waals surface area (Å²) in [6.45, 7) is 3.71. The summed E-state index contributed by atoms with van der Waals surface area (Å²) in [6.07, 6.45) is 3.82. The van der Waals surface area contributed by atoms with Crippen molar-refractivity contribution in [2.24, 2.45) is 17.6 Å². The molecule has 2 unspecified atom stereocenters. The van der Waals surface area contributed by atoms with Gasteiger partial charge in [-0.15, -0.1) is 0 Å². The Balaban J connectivity index is 1.84. The number of hydrogen-bond acceptors (Lipinski definition) is 2. The van der Waals surface area contributed by atoms with Gasteiger partial charge in [-0.25, -0.2) is 4.39 Å². The van der Waals surface area contributed by atoms with Crippen LogP contribution in [0.3, 0.4) is 0 Å². The molecular formula is C15H21FN2O. The molecule has 0 spiro atoms. The van der Waals surface area contributed by atoms with E-state index in [9.17, 15) is 9.18 Å². The van der Waals surface area contributed by atoms with E-state index < -0.39 is 5.91 Å². The molecule has 3 nitrogen and oxygen atoms in total. The van der Waals surface area contributed by atoms with Crippen LogP contribution in [0, 0.1) is 17.7 Å². The number of halogens is 1. The SMILES string of the molecule is CC1CCC(CNCc2ccc(C(N)=O)cc2F)C1. The van der Waals surface area contributed by atoms with Crippen LogP contribution in [0.4, 0.5) is 4.39 Å². The Morgan fingerprint density at radius 3 is 2.84 bits per heavy atom. The lowest BCUT2D eigenvalue weighted by atomic mass is 10.1. The molecule has 3 N–H and O–H groups in total. The third-order valence-corrected chi connectivity index (χ3v) is 3.89. The van der Waals surface area contributed by atoms with Crippen molar-refractivity contribution < 1.29 is 9.18 Å². The maximum Gasteiger partial charge on any atom is 0.248 e. The molecule has 0 radical (unpaired) electrons. The quantitative estimate of drug-likeness (QED) is 0.858. The van der Waals surface area contributed by atoms with E-state index in [1.54, 1.807) is 12.1 Å². The fourth-order valence-corrected chi connectivity index (χ4v) is 2.77. The average Bonchev–Trinajstić information content (AvgIpc) is 2.77. The normalized spacial score (nSPS) is 22.6. The Labute approximate surface area is 113 Å². The van der Waals surface area contributed by atoms with Crippen LogP contribution in [0.2, 0.25) is 0 Å². The van der Waals surface area contributed by atoms with Crippen molar-refractivity contribution in [1.29, 1.82) is 0 Å². The number of primary amides is 1. The minimum absolute atomic E-state index is 0.214. The topological polar surface area (TPSA) is 55.1 Å². The third kappa shape index (κ3) is 3.77. The molecule has 1 aromatic carbocycles. The zero-order chi connectivity index (χ0) is 13.8. The maximum atomic E-state index is 13.7. The first-order valence-corrected chi connectivity index (χ1v) is 6.85. The average molecular weight is 264 g/mol. The van der Waals surface area contributed by atoms with Gasteiger partial charge >= 0.3 is 0 Å². The molecule has 2 atom stereocenters. The van der Waals surface area contributed by atoms with Gasteiger partial charge in [-0.1, -0.05) is 19.4 Å². The highest BCUT2D eigenvalue weighted by Crippen LogP contribution is 2.29. The van der Waals surface area contributed by atoms with Crippen molar-refractivity contribution in [2.75, 3.05) is 6.54 Å². The van der Waals surface area contributed by atoms with E-state index in [1.807, 2.05) is 0 Å². The molecule has 0 aliphatic heterocycles. The number of rotatable bonds is 5. The summed E-state index contributed by atoms with van der Waals surface area (Å²) in [4.78, 5) is 10.9. The van der Waals surface area contributed by atoms with Crippen LogP contribution < -0.4 is 11.1 Å². The molecule has 2 rings (SSSR count). The van der Waals surface area contributed by atoms with Gasteiger partial charge in [0.1, 0.15) is 5.82 Å². The molecule has 1 aliphatic carbocycles. The van der Waals surface area contributed by atoms with Crippen LogP contribution in [0.1, 0.15) is 42.1 Å². The Morgan fingerprint density at radius 2 is 2.26 bits per heavy atom. The van der Waals surface area contributed by atoms with Crippen molar-refractivity contribution >= 4 is 5.91 Å². The summed E-state index contributed by atoms with van der Waals surface area (Å²) in [5, 5.41) is 3.30. The van der Waals surface area contributed by atoms with E-state index in [0.29, 0.717) is 18.0 Å². The predicted octanol–water partition coefficient (Wildman–Crippen LogP) is 2.45. The Morgan fingerprint density at radius 1 is 1.47 bits per heavy atom. The molecule has 1 aromatic rings. The van der Waals surface area contributed by atoms with E-state index in [-0.39, 0.29) is 11.4 Å². The summed E-state index contributed by atoms with van der Waals surface area (Å²) in [5.74, 6) is 0.559. The number of nitrogens with two attached hydrogens (primary N) is 1. The molecule has 1 aliphatic rings. The predicted molar refractivity (Wildman–Crippen MR) is 73.1 cm³/mol. The maximum absolute atomic E-state index is 13.7. The summed E-state index contributed by atoms with van der Waals surface area (Å²) >= 11 is 0. The third-order valence-electron chi connectivity index (χ3n) is 3.89. The highest BCUT2D eigenvalue weighted by Gasteiger charge is 2.20. The lowest BCUT2D eigenvalue weighted by molar-refractivity contribution is 0.1000. The van der Waals surface area contributed by atoms with Crippen molar-refractivity contribution in [3.63, 3.8) is 0 Å². The molecule has 19 heavy (non-hydrogen) atoms. The molecule has 1 saturated carbocycles. The van der Waals surface area contributed by atoms with Gasteiger partial charge in [0, 0.05) is 17.7 Å². The van der Waals surface area contributed by atoms with E-state index in [1.165, 1.54) is 25.3 Å². The second kappa shape index (κ2) is 6.15. The lowest BCUT2D eigenvalue weighted by Crippen LogP contribution is -2.21. The van der Waals surface area contributed by atoms with Gasteiger partial charge < -0.3 is 11.1 Å². The van der Waals surface area contributed by atoms with Crippen molar-refractivity contribution in [3.8, 4) is 0 Å². The summed E-state index contributed by atoms with van der Waals surface area (Å²) in [6, 6.07) is 4.40. The van der Waals surface area contributed by atoms with E-state index in [2.05, 4.69) is 12.2 Å². The second-order valence-electron chi connectivity index (χ2n) is 5.59. The van der Waals surface area contributed by atoms with E-state index in [4.69, 9.17) is 5.73 Å². The second-order valence-corrected chi connectivity index (χ2v) is 5.59. The summed E-state index contributed by atoms with van der Waals surface area (Å²) in [5.41, 5.74) is 5.90. The highest BCUT2D eigenvalue weighted by atomic mass is 19.1. The van der Waals surface area contributed by atoms with Gasteiger partial charge in [0.25, 0.3) is 0 Å². The number of hydrogen-bond donors (Lipinski definition) is 2. The van der Waals surface area contributed by atoms with Crippen LogP contribution in [-0.4, -0.2) is 12.5 Å². The van der Waals surface area contributed by atoms with Gasteiger partial charge in [0.2, 0.25) is 5.91 Å². The number of carbonyl (C=O) groups excluding carboxylic acids is 1. The molecular weight excluding hydrogens is 243 g/mol. The minimum Gasteiger partial charge on any atom is -0.366 e. The smallest absolute Gasteiger partial charge is 0.248 e. The molecule has 0 bridgehead atoms. The van der Waals surface area contributed by atoms with Crippen molar-refractivity contribution in [3.05, 3.63) is 35.1 Å². The molecule has 104 valence electrons. The van der Waals surface area contributed by atoms with Gasteiger partial charge in [0.15, 0.2) is 0 Å². The fourth-order valence-electron chi connectivity index (χ4n) is 2.77. The molecule has 0 heterocycles. The van der Waals surface area contributed by atoms with Crippen molar-refractivity contribution in [1.82, 2.24) is 5.32 Å². The minimum atomic E-state index is -0.599. The Bertz CT molecular complexity index is 461. The lowest BCUT2D eigenvalue weighted by Gasteiger charge is -2.11. The van der Waals surface area contributed by atoms with E-state index in [0.717, 1.165) is 12.5 Å². The van der Waals surface area contributed by atoms with Gasteiger partial charge in [-0.05, 0) is 43.4 Å². The first-order chi connectivity index (χ1) is 9.06. The highest BCUT2D eigenvalue weighted by molar-refractivity contribution is 5.92. The molecule has 1 amide bonds. The zero-order valence-corrected chi connectivity index (χ0v) is 11.3. The molecule has 4 heteroatoms. The summed E-state index contributed by atoms with van der Waals surface area (Å²) < 4.78 is 13.7. The Hall–Kier alpha value is -1.42. The van der Waals surface area contributed by atoms with Crippen LogP contribution in [0.15, 0.2) is 18.2 Å². The zero-order valence-electron chi connectivity index (χ0n) is 11.3. The number of benzene rings is 1. The van der Waals surface area contributed by atoms with E-state index >= 15 is 0 Å².